The summed E-state index contributed by atoms with van der Waals surface area (Å²) in [5.41, 5.74) is 15.6. The molecule has 0 aromatic heterocycles. The Balaban J connectivity index is 1.36. The molecule has 0 unspecified atom stereocenters. The van der Waals surface area contributed by atoms with E-state index in [4.69, 9.17) is 0 Å². The molecular weight excluding hydrogens is 565 g/mol. The highest BCUT2D eigenvalue weighted by Gasteiger charge is 2.19. The molecule has 0 heterocycles. The summed E-state index contributed by atoms with van der Waals surface area (Å²) in [5, 5.41) is 7.70. The highest BCUT2D eigenvalue weighted by Crippen LogP contribution is 2.46. The summed E-state index contributed by atoms with van der Waals surface area (Å²) in [6.07, 6.45) is 9.90. The first kappa shape index (κ1) is 29.0. The van der Waals surface area contributed by atoms with Gasteiger partial charge in [-0.2, -0.15) is 0 Å². The van der Waals surface area contributed by atoms with Crippen molar-refractivity contribution < 1.29 is 0 Å². The minimum Gasteiger partial charge on any atom is -0.0798 e. The second-order valence-electron chi connectivity index (χ2n) is 13.1. The summed E-state index contributed by atoms with van der Waals surface area (Å²) >= 11 is 0. The third-order valence-electron chi connectivity index (χ3n) is 9.88. The largest absolute Gasteiger partial charge is 0.0798 e. The summed E-state index contributed by atoms with van der Waals surface area (Å²) in [7, 11) is 0. The summed E-state index contributed by atoms with van der Waals surface area (Å²) < 4.78 is 0. The van der Waals surface area contributed by atoms with Crippen LogP contribution in [0.15, 0.2) is 151 Å². The summed E-state index contributed by atoms with van der Waals surface area (Å²) in [6, 6.07) is 45.5. The third kappa shape index (κ3) is 5.02. The van der Waals surface area contributed by atoms with Crippen LogP contribution in [0.1, 0.15) is 35.6 Å². The molecule has 0 bridgehead atoms. The van der Waals surface area contributed by atoms with E-state index in [1.807, 2.05) is 0 Å². The Morgan fingerprint density at radius 1 is 0.426 bits per heavy atom. The predicted molar refractivity (Wildman–Crippen MR) is 205 cm³/mol. The molecule has 0 amide bonds. The number of aryl methyl sites for hydroxylation is 3. The fraction of sp³-hybridized carbons (Fsp3) is 0.106. The molecule has 1 aliphatic carbocycles. The Bertz CT molecular complexity index is 2360. The minimum absolute atomic E-state index is 0.948. The second-order valence-corrected chi connectivity index (χ2v) is 13.1. The number of fused-ring (bicyclic) bond motifs is 3. The first-order valence-corrected chi connectivity index (χ1v) is 16.7. The number of allylic oxidation sites excluding steroid dienone is 6. The quantitative estimate of drug-likeness (QED) is 0.176. The van der Waals surface area contributed by atoms with E-state index < -0.39 is 0 Å². The van der Waals surface area contributed by atoms with Gasteiger partial charge in [-0.3, -0.25) is 0 Å². The fourth-order valence-electron chi connectivity index (χ4n) is 7.87. The summed E-state index contributed by atoms with van der Waals surface area (Å²) in [6.45, 7) is 8.83. The van der Waals surface area contributed by atoms with Crippen LogP contribution in [0.2, 0.25) is 0 Å². The van der Waals surface area contributed by atoms with Crippen LogP contribution in [0.4, 0.5) is 0 Å². The molecule has 0 spiro atoms. The number of benzene rings is 7. The molecule has 0 fully saturated rings. The summed E-state index contributed by atoms with van der Waals surface area (Å²) in [5.74, 6) is 0. The van der Waals surface area contributed by atoms with E-state index >= 15 is 0 Å². The predicted octanol–water partition coefficient (Wildman–Crippen LogP) is 13.4. The zero-order valence-corrected chi connectivity index (χ0v) is 27.6. The Morgan fingerprint density at radius 2 is 0.915 bits per heavy atom. The molecule has 47 heavy (non-hydrogen) atoms. The van der Waals surface area contributed by atoms with E-state index in [1.165, 1.54) is 99.1 Å². The standard InChI is InChI=1S/C47H38/c1-30-12-9-13-34(23-22-30)35-24-26-36(27-25-35)46-41-14-5-7-16-43(41)47(44-17-8-6-15-42(44)46)40-21-11-18-37-38(40)19-10-20-39(37)45-32(3)28-31(2)29-33(45)4/h5-12,14-29H,13H2,1-4H3. The maximum absolute atomic E-state index is 2.31. The van der Waals surface area contributed by atoms with Crippen LogP contribution in [-0.2, 0) is 0 Å². The molecule has 0 saturated carbocycles. The molecule has 0 heteroatoms. The molecule has 226 valence electrons. The lowest BCUT2D eigenvalue weighted by molar-refractivity contribution is 1.32. The second kappa shape index (κ2) is 11.7. The van der Waals surface area contributed by atoms with Crippen LogP contribution in [-0.4, -0.2) is 0 Å². The van der Waals surface area contributed by atoms with Crippen LogP contribution in [0.5, 0.6) is 0 Å². The highest BCUT2D eigenvalue weighted by atomic mass is 14.2. The maximum Gasteiger partial charge on any atom is -0.00201 e. The molecule has 0 aliphatic heterocycles. The molecule has 7 aromatic carbocycles. The van der Waals surface area contributed by atoms with Gasteiger partial charge in [0.15, 0.2) is 0 Å². The lowest BCUT2D eigenvalue weighted by atomic mass is 9.83. The van der Waals surface area contributed by atoms with Gasteiger partial charge < -0.3 is 0 Å². The SMILES string of the molecule is CC1=CC=C(c2ccc(-c3c4ccccc4c(-c4cccc5c(-c6c(C)cc(C)cc6C)cccc45)c4ccccc34)cc2)CC=C1. The van der Waals surface area contributed by atoms with E-state index in [0.29, 0.717) is 0 Å². The van der Waals surface area contributed by atoms with Gasteiger partial charge >= 0.3 is 0 Å². The molecule has 7 aromatic rings. The Morgan fingerprint density at radius 3 is 1.49 bits per heavy atom. The molecule has 0 saturated heterocycles. The van der Waals surface area contributed by atoms with Gasteiger partial charge in [-0.1, -0.05) is 157 Å². The maximum atomic E-state index is 2.31. The van der Waals surface area contributed by atoms with Gasteiger partial charge in [-0.25, -0.2) is 0 Å². The van der Waals surface area contributed by atoms with E-state index in [0.717, 1.165) is 6.42 Å². The van der Waals surface area contributed by atoms with Crippen molar-refractivity contribution in [3.05, 3.63) is 173 Å². The van der Waals surface area contributed by atoms with E-state index in [1.54, 1.807) is 0 Å². The Kier molecular flexibility index (Phi) is 7.23. The topological polar surface area (TPSA) is 0 Å². The van der Waals surface area contributed by atoms with Gasteiger partial charge in [0, 0.05) is 0 Å². The van der Waals surface area contributed by atoms with Gasteiger partial charge in [0.1, 0.15) is 0 Å². The average Bonchev–Trinajstić information content (AvgIpc) is 3.31. The van der Waals surface area contributed by atoms with Crippen molar-refractivity contribution in [1.82, 2.24) is 0 Å². The van der Waals surface area contributed by atoms with Crippen LogP contribution in [0.3, 0.4) is 0 Å². The molecule has 0 N–H and O–H groups in total. The van der Waals surface area contributed by atoms with Gasteiger partial charge in [0.05, 0.1) is 0 Å². The molecule has 0 radical (unpaired) electrons. The van der Waals surface area contributed by atoms with Crippen LogP contribution in [0.25, 0.3) is 71.3 Å². The first-order valence-electron chi connectivity index (χ1n) is 16.7. The highest BCUT2D eigenvalue weighted by molar-refractivity contribution is 6.24. The van der Waals surface area contributed by atoms with Crippen molar-refractivity contribution >= 4 is 37.9 Å². The van der Waals surface area contributed by atoms with Crippen molar-refractivity contribution in [3.63, 3.8) is 0 Å². The number of hydrogen-bond acceptors (Lipinski definition) is 0. The number of hydrogen-bond donors (Lipinski definition) is 0. The van der Waals surface area contributed by atoms with Crippen molar-refractivity contribution in [2.45, 2.75) is 34.1 Å². The molecule has 0 nitrogen and oxygen atoms in total. The normalized spacial score (nSPS) is 13.2. The van der Waals surface area contributed by atoms with Gasteiger partial charge in [-0.05, 0) is 122 Å². The van der Waals surface area contributed by atoms with Gasteiger partial charge in [0.25, 0.3) is 0 Å². The minimum atomic E-state index is 0.948. The van der Waals surface area contributed by atoms with Crippen LogP contribution in [0, 0.1) is 20.8 Å². The van der Waals surface area contributed by atoms with E-state index in [2.05, 4.69) is 173 Å². The third-order valence-corrected chi connectivity index (χ3v) is 9.88. The number of rotatable bonds is 4. The van der Waals surface area contributed by atoms with E-state index in [-0.39, 0.29) is 0 Å². The monoisotopic (exact) mass is 602 g/mol. The lowest BCUT2D eigenvalue weighted by Crippen LogP contribution is -1.94. The van der Waals surface area contributed by atoms with Crippen molar-refractivity contribution in [2.24, 2.45) is 0 Å². The van der Waals surface area contributed by atoms with E-state index in [9.17, 15) is 0 Å². The Labute approximate surface area is 278 Å². The van der Waals surface area contributed by atoms with Crippen molar-refractivity contribution in [2.75, 3.05) is 0 Å². The average molecular weight is 603 g/mol. The van der Waals surface area contributed by atoms with Crippen molar-refractivity contribution in [1.29, 1.82) is 0 Å². The zero-order chi connectivity index (χ0) is 32.1. The Hall–Kier alpha value is -5.46. The smallest absolute Gasteiger partial charge is 0.00201 e. The van der Waals surface area contributed by atoms with Crippen molar-refractivity contribution in [3.8, 4) is 33.4 Å². The first-order chi connectivity index (χ1) is 23.0. The molecule has 0 atom stereocenters. The van der Waals surface area contributed by atoms with Crippen LogP contribution < -0.4 is 0 Å². The lowest BCUT2D eigenvalue weighted by Gasteiger charge is -2.20. The fourth-order valence-corrected chi connectivity index (χ4v) is 7.87. The molecule has 1 aliphatic rings. The summed E-state index contributed by atoms with van der Waals surface area (Å²) in [4.78, 5) is 0. The van der Waals surface area contributed by atoms with Gasteiger partial charge in [0.2, 0.25) is 0 Å². The molecular formula is C47H38. The molecule has 8 rings (SSSR count). The zero-order valence-electron chi connectivity index (χ0n) is 27.6. The van der Waals surface area contributed by atoms with Crippen LogP contribution >= 0.6 is 0 Å². The van der Waals surface area contributed by atoms with Gasteiger partial charge in [-0.15, -0.1) is 0 Å².